The average Bonchev–Trinajstić information content (AvgIpc) is 3.30. The van der Waals surface area contributed by atoms with Crippen LogP contribution < -0.4 is 5.32 Å². The van der Waals surface area contributed by atoms with Gasteiger partial charge in [-0.1, -0.05) is 48.5 Å². The smallest absolute Gasteiger partial charge is 0.252 e. The highest BCUT2D eigenvalue weighted by Gasteiger charge is 2.33. The normalized spacial score (nSPS) is 15.7. The number of hydrogen-bond donors (Lipinski definition) is 1. The molecule has 0 heterocycles. The van der Waals surface area contributed by atoms with E-state index in [1.54, 1.807) is 0 Å². The van der Waals surface area contributed by atoms with Crippen LogP contribution in [-0.4, -0.2) is 5.91 Å². The highest BCUT2D eigenvalue weighted by Crippen LogP contribution is 2.41. The van der Waals surface area contributed by atoms with Crippen LogP contribution in [0.3, 0.4) is 0 Å². The van der Waals surface area contributed by atoms with Crippen molar-refractivity contribution < 1.29 is 4.79 Å². The van der Waals surface area contributed by atoms with Gasteiger partial charge in [0.25, 0.3) is 5.91 Å². The van der Waals surface area contributed by atoms with Crippen molar-refractivity contribution in [2.24, 2.45) is 5.92 Å². The van der Waals surface area contributed by atoms with Crippen LogP contribution in [0.5, 0.6) is 0 Å². The van der Waals surface area contributed by atoms with E-state index in [4.69, 9.17) is 0 Å². The van der Waals surface area contributed by atoms with Crippen molar-refractivity contribution in [3.05, 3.63) is 71.3 Å². The minimum absolute atomic E-state index is 0.0313. The van der Waals surface area contributed by atoms with Gasteiger partial charge in [0.05, 0.1) is 6.04 Å². The van der Waals surface area contributed by atoms with Gasteiger partial charge in [-0.2, -0.15) is 0 Å². The van der Waals surface area contributed by atoms with Crippen LogP contribution in [-0.2, 0) is 0 Å². The van der Waals surface area contributed by atoms with Gasteiger partial charge in [-0.15, -0.1) is 0 Å². The lowest BCUT2D eigenvalue weighted by molar-refractivity contribution is 0.0931. The van der Waals surface area contributed by atoms with E-state index < -0.39 is 0 Å². The lowest BCUT2D eigenvalue weighted by Gasteiger charge is -2.19. The number of rotatable bonds is 4. The van der Waals surface area contributed by atoms with Crippen molar-refractivity contribution in [3.63, 3.8) is 0 Å². The van der Waals surface area contributed by atoms with E-state index in [2.05, 4.69) is 17.4 Å². The molecule has 102 valence electrons. The third-order valence-electron chi connectivity index (χ3n) is 3.93. The first-order valence-electron chi connectivity index (χ1n) is 7.17. The molecule has 0 radical (unpaired) electrons. The number of carbonyl (C=O) groups is 1. The van der Waals surface area contributed by atoms with Crippen LogP contribution >= 0.6 is 0 Å². The molecular weight excluding hydrogens is 246 g/mol. The van der Waals surface area contributed by atoms with Crippen molar-refractivity contribution in [3.8, 4) is 0 Å². The first-order chi connectivity index (χ1) is 9.75. The molecule has 1 atom stereocenters. The minimum atomic E-state index is 0.0313. The number of nitrogens with one attached hydrogen (secondary N) is 1. The maximum Gasteiger partial charge on any atom is 0.252 e. The Balaban J connectivity index is 1.81. The van der Waals surface area contributed by atoms with Gasteiger partial charge in [0.1, 0.15) is 0 Å². The SMILES string of the molecule is Cc1ccccc1C(=O)NC(c1ccccc1)C1CC1. The molecule has 1 N–H and O–H groups in total. The summed E-state index contributed by atoms with van der Waals surface area (Å²) in [4.78, 5) is 12.5. The summed E-state index contributed by atoms with van der Waals surface area (Å²) >= 11 is 0. The van der Waals surface area contributed by atoms with Crippen LogP contribution in [0.1, 0.15) is 40.4 Å². The second kappa shape index (κ2) is 5.49. The predicted octanol–water partition coefficient (Wildman–Crippen LogP) is 3.88. The molecule has 0 aromatic heterocycles. The molecule has 0 aliphatic heterocycles. The maximum absolute atomic E-state index is 12.5. The monoisotopic (exact) mass is 265 g/mol. The van der Waals surface area contributed by atoms with Gasteiger partial charge < -0.3 is 5.32 Å². The summed E-state index contributed by atoms with van der Waals surface area (Å²) in [6.45, 7) is 1.98. The van der Waals surface area contributed by atoms with Crippen molar-refractivity contribution in [1.82, 2.24) is 5.32 Å². The van der Waals surface area contributed by atoms with Gasteiger partial charge in [-0.05, 0) is 42.9 Å². The molecule has 1 amide bonds. The molecule has 1 fully saturated rings. The zero-order chi connectivity index (χ0) is 13.9. The Hall–Kier alpha value is -2.09. The summed E-state index contributed by atoms with van der Waals surface area (Å²) < 4.78 is 0. The quantitative estimate of drug-likeness (QED) is 0.893. The Bertz CT molecular complexity index is 602. The fourth-order valence-electron chi connectivity index (χ4n) is 2.61. The Morgan fingerprint density at radius 2 is 1.70 bits per heavy atom. The van der Waals surface area contributed by atoms with Crippen molar-refractivity contribution in [2.45, 2.75) is 25.8 Å². The van der Waals surface area contributed by atoms with E-state index in [1.165, 1.54) is 18.4 Å². The number of aryl methyl sites for hydroxylation is 1. The molecule has 0 spiro atoms. The molecule has 3 rings (SSSR count). The summed E-state index contributed by atoms with van der Waals surface area (Å²) in [5.41, 5.74) is 3.00. The summed E-state index contributed by atoms with van der Waals surface area (Å²) in [5, 5.41) is 3.21. The van der Waals surface area contributed by atoms with Crippen LogP contribution in [0.15, 0.2) is 54.6 Å². The van der Waals surface area contributed by atoms with E-state index in [0.29, 0.717) is 5.92 Å². The third kappa shape index (κ3) is 2.74. The summed E-state index contributed by atoms with van der Waals surface area (Å²) in [6, 6.07) is 18.2. The lowest BCUT2D eigenvalue weighted by atomic mass is 10.0. The molecule has 20 heavy (non-hydrogen) atoms. The van der Waals surface area contributed by atoms with Crippen molar-refractivity contribution >= 4 is 5.91 Å². The van der Waals surface area contributed by atoms with E-state index in [1.807, 2.05) is 49.4 Å². The Morgan fingerprint density at radius 3 is 2.35 bits per heavy atom. The fraction of sp³-hybridized carbons (Fsp3) is 0.278. The van der Waals surface area contributed by atoms with E-state index >= 15 is 0 Å². The molecule has 2 nitrogen and oxygen atoms in total. The molecule has 1 saturated carbocycles. The van der Waals surface area contributed by atoms with Gasteiger partial charge in [0.2, 0.25) is 0 Å². The number of hydrogen-bond acceptors (Lipinski definition) is 1. The third-order valence-corrected chi connectivity index (χ3v) is 3.93. The molecule has 2 heteroatoms. The first kappa shape index (κ1) is 12.9. The van der Waals surface area contributed by atoms with E-state index in [0.717, 1.165) is 11.1 Å². The summed E-state index contributed by atoms with van der Waals surface area (Å²) in [7, 11) is 0. The van der Waals surface area contributed by atoms with Gasteiger partial charge >= 0.3 is 0 Å². The zero-order valence-corrected chi connectivity index (χ0v) is 11.7. The maximum atomic E-state index is 12.5. The number of carbonyl (C=O) groups excluding carboxylic acids is 1. The largest absolute Gasteiger partial charge is 0.345 e. The summed E-state index contributed by atoms with van der Waals surface area (Å²) in [5.74, 6) is 0.620. The van der Waals surface area contributed by atoms with Crippen molar-refractivity contribution in [1.29, 1.82) is 0 Å². The average molecular weight is 265 g/mol. The molecule has 0 saturated heterocycles. The lowest BCUT2D eigenvalue weighted by Crippen LogP contribution is -2.30. The molecule has 2 aromatic rings. The second-order valence-corrected chi connectivity index (χ2v) is 5.51. The molecule has 2 aromatic carbocycles. The van der Waals surface area contributed by atoms with Gasteiger partial charge in [0, 0.05) is 5.56 Å². The van der Waals surface area contributed by atoms with Gasteiger partial charge in [-0.3, -0.25) is 4.79 Å². The first-order valence-corrected chi connectivity index (χ1v) is 7.17. The van der Waals surface area contributed by atoms with Crippen LogP contribution in [0, 0.1) is 12.8 Å². The summed E-state index contributed by atoms with van der Waals surface area (Å²) in [6.07, 6.45) is 2.40. The van der Waals surface area contributed by atoms with Crippen LogP contribution in [0.2, 0.25) is 0 Å². The van der Waals surface area contributed by atoms with Crippen LogP contribution in [0.4, 0.5) is 0 Å². The minimum Gasteiger partial charge on any atom is -0.345 e. The Labute approximate surface area is 119 Å². The predicted molar refractivity (Wildman–Crippen MR) is 80.6 cm³/mol. The molecular formula is C18H19NO. The van der Waals surface area contributed by atoms with E-state index in [-0.39, 0.29) is 11.9 Å². The fourth-order valence-corrected chi connectivity index (χ4v) is 2.61. The zero-order valence-electron chi connectivity index (χ0n) is 11.7. The van der Waals surface area contributed by atoms with Gasteiger partial charge in [-0.25, -0.2) is 0 Å². The molecule has 1 unspecified atom stereocenters. The highest BCUT2D eigenvalue weighted by molar-refractivity contribution is 5.95. The highest BCUT2D eigenvalue weighted by atomic mass is 16.1. The van der Waals surface area contributed by atoms with E-state index in [9.17, 15) is 4.79 Å². The molecule has 1 aliphatic rings. The van der Waals surface area contributed by atoms with Crippen molar-refractivity contribution in [2.75, 3.05) is 0 Å². The second-order valence-electron chi connectivity index (χ2n) is 5.51. The van der Waals surface area contributed by atoms with Gasteiger partial charge in [0.15, 0.2) is 0 Å². The van der Waals surface area contributed by atoms with Crippen LogP contribution in [0.25, 0.3) is 0 Å². The number of benzene rings is 2. The Kier molecular flexibility index (Phi) is 3.55. The Morgan fingerprint density at radius 1 is 1.05 bits per heavy atom. The standard InChI is InChI=1S/C18H19NO/c1-13-7-5-6-10-16(13)18(20)19-17(15-11-12-15)14-8-3-2-4-9-14/h2-10,15,17H,11-12H2,1H3,(H,19,20). The molecule has 1 aliphatic carbocycles. The molecule has 0 bridgehead atoms. The topological polar surface area (TPSA) is 29.1 Å². The number of amides is 1.